The molecule has 2 aromatic rings. The van der Waals surface area contributed by atoms with Crippen LogP contribution in [0, 0.1) is 17.4 Å². The molecule has 2 saturated heterocycles. The summed E-state index contributed by atoms with van der Waals surface area (Å²) in [5.41, 5.74) is 2.29. The molecule has 2 N–H and O–H groups in total. The third kappa shape index (κ3) is 4.66. The number of carbonyl (C=O) groups is 1. The molecule has 0 spiro atoms. The summed E-state index contributed by atoms with van der Waals surface area (Å²) >= 11 is 0. The van der Waals surface area contributed by atoms with Gasteiger partial charge in [-0.3, -0.25) is 14.7 Å². The first-order valence-corrected chi connectivity index (χ1v) is 14.8. The van der Waals surface area contributed by atoms with Gasteiger partial charge in [0.15, 0.2) is 23.0 Å². The number of anilines is 1. The Hall–Kier alpha value is -2.56. The van der Waals surface area contributed by atoms with E-state index in [2.05, 4.69) is 51.4 Å². The molecule has 0 aliphatic carbocycles. The second-order valence-electron chi connectivity index (χ2n) is 9.68. The molecular formula is C22H31N5O6Si. The maximum atomic E-state index is 12.3. The number of hydrogen-bond donors (Lipinski definition) is 2. The number of amides is 1. The Kier molecular flexibility index (Phi) is 6.67. The quantitative estimate of drug-likeness (QED) is 0.476. The van der Waals surface area contributed by atoms with Gasteiger partial charge in [0.05, 0.1) is 19.5 Å². The normalized spacial score (nSPS) is 26.8. The van der Waals surface area contributed by atoms with Crippen molar-refractivity contribution in [3.05, 3.63) is 6.33 Å². The van der Waals surface area contributed by atoms with E-state index in [0.29, 0.717) is 17.8 Å². The van der Waals surface area contributed by atoms with Gasteiger partial charge in [-0.15, -0.1) is 5.54 Å². The number of fused-ring (bicyclic) bond motifs is 2. The van der Waals surface area contributed by atoms with Crippen molar-refractivity contribution in [3.63, 3.8) is 0 Å². The van der Waals surface area contributed by atoms with Crippen LogP contribution < -0.4 is 10.1 Å². The molecule has 0 unspecified atom stereocenters. The highest BCUT2D eigenvalue weighted by atomic mass is 28.3. The summed E-state index contributed by atoms with van der Waals surface area (Å²) < 4.78 is 24.6. The molecule has 2 fully saturated rings. The fraction of sp³-hybridized carbons (Fsp3) is 0.636. The molecule has 2 aliphatic heterocycles. The highest BCUT2D eigenvalue weighted by Crippen LogP contribution is 2.43. The van der Waals surface area contributed by atoms with Crippen molar-refractivity contribution >= 4 is 31.1 Å². The first kappa shape index (κ1) is 24.6. The smallest absolute Gasteiger partial charge is 0.247 e. The molecule has 0 saturated carbocycles. The summed E-state index contributed by atoms with van der Waals surface area (Å²) in [5.74, 6) is 2.86. The van der Waals surface area contributed by atoms with Crippen molar-refractivity contribution in [2.45, 2.75) is 64.4 Å². The largest absolute Gasteiger partial charge is 0.476 e. The number of nitrogens with one attached hydrogen (secondary N) is 1. The SMILES string of the molecule is CCOc1nc(NC(=O)C(C)C)nc2c1ncn2[C@@H]1O[C@@H]2COCO[C@H]2[C@@]1(O)C#C[Si](C)(C)C. The number of aliphatic hydroxyl groups is 1. The minimum atomic E-state index is -1.84. The van der Waals surface area contributed by atoms with Crippen LogP contribution in [0.4, 0.5) is 5.95 Å². The molecule has 0 bridgehead atoms. The summed E-state index contributed by atoms with van der Waals surface area (Å²) in [4.78, 5) is 25.5. The third-order valence-corrected chi connectivity index (χ3v) is 6.26. The lowest BCUT2D eigenvalue weighted by Gasteiger charge is -2.31. The number of ether oxygens (including phenoxy) is 4. The molecule has 12 heteroatoms. The lowest BCUT2D eigenvalue weighted by Crippen LogP contribution is -2.50. The van der Waals surface area contributed by atoms with E-state index in [1.54, 1.807) is 18.4 Å². The first-order chi connectivity index (χ1) is 16.0. The molecule has 0 radical (unpaired) electrons. The fourth-order valence-corrected chi connectivity index (χ4v) is 4.29. The van der Waals surface area contributed by atoms with E-state index in [-0.39, 0.29) is 37.1 Å². The maximum Gasteiger partial charge on any atom is 0.247 e. The van der Waals surface area contributed by atoms with E-state index < -0.39 is 32.1 Å². The molecular weight excluding hydrogens is 458 g/mol. The zero-order valence-corrected chi connectivity index (χ0v) is 21.3. The van der Waals surface area contributed by atoms with Crippen LogP contribution >= 0.6 is 0 Å². The monoisotopic (exact) mass is 489 g/mol. The number of aromatic nitrogens is 4. The van der Waals surface area contributed by atoms with Crippen LogP contribution in [0.15, 0.2) is 6.33 Å². The minimum Gasteiger partial charge on any atom is -0.476 e. The second-order valence-corrected chi connectivity index (χ2v) is 14.4. The van der Waals surface area contributed by atoms with Crippen molar-refractivity contribution in [1.29, 1.82) is 0 Å². The van der Waals surface area contributed by atoms with Gasteiger partial charge in [0.2, 0.25) is 17.7 Å². The van der Waals surface area contributed by atoms with Crippen LogP contribution in [0.5, 0.6) is 5.88 Å². The van der Waals surface area contributed by atoms with Crippen LogP contribution in [-0.2, 0) is 19.0 Å². The molecule has 34 heavy (non-hydrogen) atoms. The average molecular weight is 490 g/mol. The van der Waals surface area contributed by atoms with Gasteiger partial charge < -0.3 is 24.1 Å². The molecule has 1 amide bonds. The molecule has 0 aromatic carbocycles. The highest BCUT2D eigenvalue weighted by molar-refractivity contribution is 6.83. The molecule has 11 nitrogen and oxygen atoms in total. The lowest BCUT2D eigenvalue weighted by atomic mass is 9.94. The Morgan fingerprint density at radius 2 is 2.18 bits per heavy atom. The summed E-state index contributed by atoms with van der Waals surface area (Å²) in [6, 6.07) is 0. The molecule has 4 heterocycles. The van der Waals surface area contributed by atoms with Crippen LogP contribution in [0.1, 0.15) is 27.0 Å². The van der Waals surface area contributed by atoms with E-state index in [9.17, 15) is 9.90 Å². The number of rotatable bonds is 5. The Morgan fingerprint density at radius 1 is 1.41 bits per heavy atom. The number of imidazole rings is 1. The number of hydrogen-bond acceptors (Lipinski definition) is 9. The topological polar surface area (TPSA) is 130 Å². The van der Waals surface area contributed by atoms with E-state index in [4.69, 9.17) is 18.9 Å². The van der Waals surface area contributed by atoms with E-state index in [0.717, 1.165) is 0 Å². The van der Waals surface area contributed by atoms with Gasteiger partial charge in [-0.2, -0.15) is 9.97 Å². The van der Waals surface area contributed by atoms with E-state index in [1.807, 2.05) is 6.92 Å². The van der Waals surface area contributed by atoms with Crippen molar-refractivity contribution in [2.75, 3.05) is 25.3 Å². The average Bonchev–Trinajstić information content (AvgIpc) is 3.31. The predicted molar refractivity (Wildman–Crippen MR) is 126 cm³/mol. The molecule has 4 rings (SSSR count). The van der Waals surface area contributed by atoms with Gasteiger partial charge in [-0.05, 0) is 6.92 Å². The molecule has 4 atom stereocenters. The molecule has 184 valence electrons. The van der Waals surface area contributed by atoms with Gasteiger partial charge >= 0.3 is 0 Å². The summed E-state index contributed by atoms with van der Waals surface area (Å²) in [5, 5.41) is 14.6. The van der Waals surface area contributed by atoms with Crippen molar-refractivity contribution in [2.24, 2.45) is 5.92 Å². The van der Waals surface area contributed by atoms with Crippen molar-refractivity contribution in [3.8, 4) is 17.3 Å². The zero-order chi connectivity index (χ0) is 24.7. The number of carbonyl (C=O) groups excluding carboxylic acids is 1. The van der Waals surface area contributed by atoms with Crippen molar-refractivity contribution in [1.82, 2.24) is 19.5 Å². The maximum absolute atomic E-state index is 12.3. The number of nitrogens with zero attached hydrogens (tertiary/aromatic N) is 4. The second kappa shape index (κ2) is 9.24. The van der Waals surface area contributed by atoms with Gasteiger partial charge in [0, 0.05) is 5.92 Å². The van der Waals surface area contributed by atoms with Crippen LogP contribution in [0.25, 0.3) is 11.2 Å². The lowest BCUT2D eigenvalue weighted by molar-refractivity contribution is -0.195. The molecule has 2 aromatic heterocycles. The zero-order valence-electron chi connectivity index (χ0n) is 20.3. The van der Waals surface area contributed by atoms with Crippen LogP contribution in [0.2, 0.25) is 19.6 Å². The van der Waals surface area contributed by atoms with E-state index in [1.165, 1.54) is 6.33 Å². The minimum absolute atomic E-state index is 0.0426. The Morgan fingerprint density at radius 3 is 2.85 bits per heavy atom. The van der Waals surface area contributed by atoms with Crippen LogP contribution in [-0.4, -0.2) is 76.4 Å². The summed E-state index contributed by atoms with van der Waals surface area (Å²) in [6.45, 7) is 12.3. The fourth-order valence-electron chi connectivity index (χ4n) is 3.72. The Balaban J connectivity index is 1.84. The standard InChI is InChI=1S/C22H31N5O6Si/c1-7-31-19-15-17(24-21(26-19)25-18(28)13(2)3)27(11-23-15)20-22(29,8-9-34(4,5)6)16-14(33-20)10-30-12-32-16/h11,13-14,16,20,29H,7,10,12H2,1-6H3,(H,24,25,26,28)/t14-,16-,20-,22+/m1/s1. The van der Waals surface area contributed by atoms with Gasteiger partial charge in [-0.1, -0.05) is 39.4 Å². The van der Waals surface area contributed by atoms with Gasteiger partial charge in [0.1, 0.15) is 27.1 Å². The summed E-state index contributed by atoms with van der Waals surface area (Å²) in [6.07, 6.45) is -0.706. The predicted octanol–water partition coefficient (Wildman–Crippen LogP) is 1.70. The summed E-state index contributed by atoms with van der Waals surface area (Å²) in [7, 11) is -1.84. The van der Waals surface area contributed by atoms with Crippen molar-refractivity contribution < 1.29 is 28.8 Å². The first-order valence-electron chi connectivity index (χ1n) is 11.3. The van der Waals surface area contributed by atoms with Crippen LogP contribution in [0.3, 0.4) is 0 Å². The van der Waals surface area contributed by atoms with E-state index >= 15 is 0 Å². The third-order valence-electron chi connectivity index (χ3n) is 5.38. The Labute approximate surface area is 199 Å². The highest BCUT2D eigenvalue weighted by Gasteiger charge is 2.58. The Bertz CT molecular complexity index is 1140. The molecule has 2 aliphatic rings. The van der Waals surface area contributed by atoms with Gasteiger partial charge in [-0.25, -0.2) is 4.98 Å². The van der Waals surface area contributed by atoms with Gasteiger partial charge in [0.25, 0.3) is 0 Å².